The van der Waals surface area contributed by atoms with Crippen LogP contribution >= 0.6 is 0 Å². The molecular weight excluding hydrogens is 510 g/mol. The summed E-state index contributed by atoms with van der Waals surface area (Å²) in [6.07, 6.45) is 2.87. The van der Waals surface area contributed by atoms with E-state index in [-0.39, 0.29) is 17.7 Å². The van der Waals surface area contributed by atoms with Gasteiger partial charge in [0.15, 0.2) is 5.69 Å². The zero-order valence-electron chi connectivity index (χ0n) is 23.1. The molecular formula is C30H33N5O5. The highest BCUT2D eigenvalue weighted by Crippen LogP contribution is 2.34. The number of ether oxygens (including phenoxy) is 3. The standard InChI is InChI=1S/C30H33N5O5/c1-30(2,3)40-29(37)34-16-13-19(14-17-34)24-12-15-32-26-25(24)33-35(27(26)28(31)36)20-8-10-21(11-9-20)39-23-7-5-6-22(18-23)38-4/h5-12,15,18-19H,13-14,16-17H2,1-4H3,(H2,31,36). The van der Waals surface area contributed by atoms with Crippen molar-refractivity contribution in [3.05, 3.63) is 72.1 Å². The predicted octanol–water partition coefficient (Wildman–Crippen LogP) is 5.43. The van der Waals surface area contributed by atoms with Crippen LogP contribution in [0, 0.1) is 0 Å². The zero-order valence-corrected chi connectivity index (χ0v) is 23.1. The van der Waals surface area contributed by atoms with Gasteiger partial charge in [0, 0.05) is 25.4 Å². The summed E-state index contributed by atoms with van der Waals surface area (Å²) in [4.78, 5) is 31.3. The molecule has 0 atom stereocenters. The van der Waals surface area contributed by atoms with Gasteiger partial charge in [0.1, 0.15) is 33.9 Å². The van der Waals surface area contributed by atoms with Crippen LogP contribution in [0.3, 0.4) is 0 Å². The van der Waals surface area contributed by atoms with Gasteiger partial charge in [-0.25, -0.2) is 9.48 Å². The zero-order chi connectivity index (χ0) is 28.4. The van der Waals surface area contributed by atoms with E-state index in [4.69, 9.17) is 25.0 Å². The first-order chi connectivity index (χ1) is 19.1. The topological polar surface area (TPSA) is 122 Å². The van der Waals surface area contributed by atoms with Gasteiger partial charge in [-0.05, 0) is 87.6 Å². The number of carbonyl (C=O) groups is 2. The van der Waals surface area contributed by atoms with Crippen molar-refractivity contribution in [2.45, 2.75) is 45.1 Å². The molecule has 1 aliphatic rings. The Hall–Kier alpha value is -4.60. The van der Waals surface area contributed by atoms with Gasteiger partial charge in [0.25, 0.3) is 5.91 Å². The van der Waals surface area contributed by atoms with Crippen molar-refractivity contribution in [1.82, 2.24) is 19.7 Å². The van der Waals surface area contributed by atoms with Crippen LogP contribution in [0.25, 0.3) is 16.7 Å². The first-order valence-electron chi connectivity index (χ1n) is 13.2. The first kappa shape index (κ1) is 27.0. The molecule has 40 heavy (non-hydrogen) atoms. The molecule has 2 N–H and O–H groups in total. The van der Waals surface area contributed by atoms with E-state index >= 15 is 0 Å². The van der Waals surface area contributed by atoms with E-state index in [1.807, 2.05) is 57.2 Å². The quantitative estimate of drug-likeness (QED) is 0.344. The Kier molecular flexibility index (Phi) is 7.34. The molecule has 10 nitrogen and oxygen atoms in total. The fraction of sp³-hybridized carbons (Fsp3) is 0.333. The minimum atomic E-state index is -0.622. The fourth-order valence-electron chi connectivity index (χ4n) is 4.89. The normalized spacial score (nSPS) is 14.2. The maximum Gasteiger partial charge on any atom is 0.410 e. The van der Waals surface area contributed by atoms with E-state index in [1.165, 1.54) is 4.68 Å². The van der Waals surface area contributed by atoms with Crippen LogP contribution in [0.4, 0.5) is 4.79 Å². The second-order valence-corrected chi connectivity index (χ2v) is 10.7. The summed E-state index contributed by atoms with van der Waals surface area (Å²) < 4.78 is 18.3. The van der Waals surface area contributed by atoms with Crippen molar-refractivity contribution in [3.63, 3.8) is 0 Å². The third kappa shape index (κ3) is 5.70. The van der Waals surface area contributed by atoms with Crippen molar-refractivity contribution < 1.29 is 23.8 Å². The van der Waals surface area contributed by atoms with Crippen molar-refractivity contribution in [1.29, 1.82) is 0 Å². The lowest BCUT2D eigenvalue weighted by Gasteiger charge is -2.33. The number of nitrogens with zero attached hydrogens (tertiary/aromatic N) is 4. The van der Waals surface area contributed by atoms with Crippen molar-refractivity contribution in [3.8, 4) is 22.9 Å². The molecule has 4 aromatic rings. The second-order valence-electron chi connectivity index (χ2n) is 10.7. The van der Waals surface area contributed by atoms with Gasteiger partial charge in [0.2, 0.25) is 0 Å². The number of nitrogens with two attached hydrogens (primary N) is 1. The predicted molar refractivity (Wildman–Crippen MR) is 150 cm³/mol. The Morgan fingerprint density at radius 3 is 2.30 bits per heavy atom. The summed E-state index contributed by atoms with van der Waals surface area (Å²) in [5.41, 5.74) is 8.20. The molecule has 0 aliphatic carbocycles. The average molecular weight is 544 g/mol. The number of primary amides is 1. The van der Waals surface area contributed by atoms with Gasteiger partial charge in [0.05, 0.1) is 12.8 Å². The number of likely N-dealkylation sites (tertiary alicyclic amines) is 1. The molecule has 2 amide bonds. The summed E-state index contributed by atoms with van der Waals surface area (Å²) in [5.74, 6) is 1.48. The average Bonchev–Trinajstić information content (AvgIpc) is 3.33. The van der Waals surface area contributed by atoms with Crippen LogP contribution in [0.2, 0.25) is 0 Å². The highest BCUT2D eigenvalue weighted by molar-refractivity contribution is 6.03. The molecule has 1 fully saturated rings. The maximum atomic E-state index is 12.6. The molecule has 0 unspecified atom stereocenters. The van der Waals surface area contributed by atoms with E-state index < -0.39 is 11.5 Å². The van der Waals surface area contributed by atoms with Gasteiger partial charge in [-0.2, -0.15) is 5.10 Å². The number of methoxy groups -OCH3 is 1. The van der Waals surface area contributed by atoms with Gasteiger partial charge < -0.3 is 24.8 Å². The van der Waals surface area contributed by atoms with Crippen LogP contribution in [-0.2, 0) is 4.74 Å². The molecule has 0 radical (unpaired) electrons. The summed E-state index contributed by atoms with van der Waals surface area (Å²) in [5, 5.41) is 4.81. The van der Waals surface area contributed by atoms with E-state index in [9.17, 15) is 9.59 Å². The molecule has 3 heterocycles. The molecule has 0 spiro atoms. The van der Waals surface area contributed by atoms with E-state index in [0.717, 1.165) is 18.4 Å². The lowest BCUT2D eigenvalue weighted by molar-refractivity contribution is 0.0205. The minimum absolute atomic E-state index is 0.145. The van der Waals surface area contributed by atoms with Gasteiger partial charge in [-0.3, -0.25) is 9.78 Å². The Morgan fingerprint density at radius 2 is 1.65 bits per heavy atom. The van der Waals surface area contributed by atoms with E-state index in [0.29, 0.717) is 47.1 Å². The Labute approximate surface area is 232 Å². The summed E-state index contributed by atoms with van der Waals surface area (Å²) in [7, 11) is 1.60. The SMILES string of the molecule is COc1cccc(Oc2ccc(-n3nc4c(C5CCN(C(=O)OC(C)(C)C)CC5)ccnc4c3C(N)=O)cc2)c1. The van der Waals surface area contributed by atoms with Gasteiger partial charge in [-0.15, -0.1) is 0 Å². The number of hydrogen-bond acceptors (Lipinski definition) is 7. The second kappa shape index (κ2) is 10.9. The third-order valence-electron chi connectivity index (χ3n) is 6.77. The molecule has 1 aliphatic heterocycles. The van der Waals surface area contributed by atoms with Crippen LogP contribution in [0.5, 0.6) is 17.2 Å². The molecule has 2 aromatic carbocycles. The number of carbonyl (C=O) groups excluding carboxylic acids is 2. The monoisotopic (exact) mass is 543 g/mol. The molecule has 0 bridgehead atoms. The maximum absolute atomic E-state index is 12.6. The van der Waals surface area contributed by atoms with Crippen molar-refractivity contribution in [2.24, 2.45) is 5.73 Å². The molecule has 208 valence electrons. The number of amides is 2. The van der Waals surface area contributed by atoms with Crippen LogP contribution < -0.4 is 15.2 Å². The Bertz CT molecular complexity index is 1530. The summed E-state index contributed by atoms with van der Waals surface area (Å²) >= 11 is 0. The Morgan fingerprint density at radius 1 is 0.950 bits per heavy atom. The molecule has 2 aromatic heterocycles. The first-order valence-corrected chi connectivity index (χ1v) is 13.2. The Balaban J connectivity index is 1.40. The lowest BCUT2D eigenvalue weighted by atomic mass is 9.89. The summed E-state index contributed by atoms with van der Waals surface area (Å²) in [6, 6.07) is 16.5. The highest BCUT2D eigenvalue weighted by atomic mass is 16.6. The van der Waals surface area contributed by atoms with Gasteiger partial charge in [-0.1, -0.05) is 6.07 Å². The number of hydrogen-bond donors (Lipinski definition) is 1. The molecule has 10 heteroatoms. The number of piperidine rings is 1. The third-order valence-corrected chi connectivity index (χ3v) is 6.77. The smallest absolute Gasteiger partial charge is 0.410 e. The molecule has 5 rings (SSSR count). The van der Waals surface area contributed by atoms with Crippen LogP contribution in [0.1, 0.15) is 55.6 Å². The van der Waals surface area contributed by atoms with Gasteiger partial charge >= 0.3 is 6.09 Å². The van der Waals surface area contributed by atoms with E-state index in [2.05, 4.69) is 4.98 Å². The number of fused-ring (bicyclic) bond motifs is 1. The van der Waals surface area contributed by atoms with Crippen molar-refractivity contribution in [2.75, 3.05) is 20.2 Å². The fourth-order valence-corrected chi connectivity index (χ4v) is 4.89. The number of pyridine rings is 1. The highest BCUT2D eigenvalue weighted by Gasteiger charge is 2.30. The van der Waals surface area contributed by atoms with E-state index in [1.54, 1.807) is 36.4 Å². The number of rotatable bonds is 6. The summed E-state index contributed by atoms with van der Waals surface area (Å²) in [6.45, 7) is 6.72. The number of aromatic nitrogens is 3. The van der Waals surface area contributed by atoms with Crippen molar-refractivity contribution >= 4 is 23.0 Å². The number of benzene rings is 2. The molecule has 0 saturated carbocycles. The van der Waals surface area contributed by atoms with Crippen LogP contribution in [-0.4, -0.2) is 57.5 Å². The molecule has 1 saturated heterocycles. The van der Waals surface area contributed by atoms with Crippen LogP contribution in [0.15, 0.2) is 60.8 Å². The minimum Gasteiger partial charge on any atom is -0.497 e. The largest absolute Gasteiger partial charge is 0.497 e. The lowest BCUT2D eigenvalue weighted by Crippen LogP contribution is -2.41.